The molecule has 6 heteroatoms. The molecule has 138 valence electrons. The Bertz CT molecular complexity index is 1260. The van der Waals surface area contributed by atoms with Crippen LogP contribution in [-0.2, 0) is 6.42 Å². The van der Waals surface area contributed by atoms with Crippen LogP contribution in [0, 0.1) is 17.9 Å². The first-order valence-corrected chi connectivity index (χ1v) is 9.39. The summed E-state index contributed by atoms with van der Waals surface area (Å²) in [4.78, 5) is 6.93. The highest BCUT2D eigenvalue weighted by atomic mass is 19.1. The molecule has 1 aliphatic rings. The summed E-state index contributed by atoms with van der Waals surface area (Å²) in [5.41, 5.74) is 3.94. The minimum absolute atomic E-state index is 0.253. The average Bonchev–Trinajstić information content (AvgIpc) is 2.96. The van der Waals surface area contributed by atoms with E-state index in [9.17, 15) is 4.39 Å². The number of aromatic nitrogens is 4. The van der Waals surface area contributed by atoms with Crippen molar-refractivity contribution < 1.29 is 4.39 Å². The van der Waals surface area contributed by atoms with Gasteiger partial charge in [0, 0.05) is 23.2 Å². The molecule has 0 spiro atoms. The molecule has 5 nitrogen and oxygen atoms in total. The van der Waals surface area contributed by atoms with Crippen molar-refractivity contribution in [3.63, 3.8) is 0 Å². The number of aryl methyl sites for hydroxylation is 1. The van der Waals surface area contributed by atoms with Crippen LogP contribution in [0.3, 0.4) is 0 Å². The number of rotatable bonds is 1. The second-order valence-electron chi connectivity index (χ2n) is 6.88. The van der Waals surface area contributed by atoms with E-state index in [2.05, 4.69) is 45.1 Å². The highest BCUT2D eigenvalue weighted by molar-refractivity contribution is 5.94. The number of para-hydroxylation sites is 1. The zero-order valence-corrected chi connectivity index (χ0v) is 15.5. The van der Waals surface area contributed by atoms with Gasteiger partial charge in [-0.1, -0.05) is 29.2 Å². The van der Waals surface area contributed by atoms with Crippen LogP contribution < -0.4 is 4.90 Å². The first-order valence-electron chi connectivity index (χ1n) is 9.39. The van der Waals surface area contributed by atoms with Gasteiger partial charge in [0.05, 0.1) is 5.52 Å². The molecule has 0 saturated carbocycles. The fraction of sp³-hybridized carbons (Fsp3) is 0.227. The molecule has 0 radical (unpaired) electrons. The number of hydrogen-bond donors (Lipinski definition) is 0. The Balaban J connectivity index is 1.83. The van der Waals surface area contributed by atoms with Gasteiger partial charge in [0.1, 0.15) is 5.82 Å². The number of hydrogen-bond acceptors (Lipinski definition) is 4. The van der Waals surface area contributed by atoms with Gasteiger partial charge in [-0.25, -0.2) is 4.40 Å². The summed E-state index contributed by atoms with van der Waals surface area (Å²) in [7, 11) is 0. The minimum atomic E-state index is -0.670. The molecule has 1 aliphatic heterocycles. The highest BCUT2D eigenvalue weighted by Gasteiger charge is 2.22. The third kappa shape index (κ3) is 2.59. The number of anilines is 2. The van der Waals surface area contributed by atoms with E-state index in [1.165, 1.54) is 9.96 Å². The van der Waals surface area contributed by atoms with Gasteiger partial charge >= 0.3 is 6.08 Å². The van der Waals surface area contributed by atoms with Crippen molar-refractivity contribution in [2.45, 2.75) is 26.2 Å². The molecule has 0 bridgehead atoms. The number of fused-ring (bicyclic) bond motifs is 4. The molecule has 0 N–H and O–H groups in total. The SMILES string of the molecule is CC#Cc1ccc2c(N3CCCCc4ccccc43)nc3nnc(F)n3c2c1. The molecule has 2 aromatic heterocycles. The largest absolute Gasteiger partial charge is 0.325 e. The first-order chi connectivity index (χ1) is 13.8. The zero-order valence-electron chi connectivity index (χ0n) is 15.5. The quantitative estimate of drug-likeness (QED) is 0.469. The Morgan fingerprint density at radius 3 is 2.86 bits per heavy atom. The van der Waals surface area contributed by atoms with E-state index in [0.29, 0.717) is 5.52 Å². The Kier molecular flexibility index (Phi) is 3.94. The molecule has 0 fully saturated rings. The van der Waals surface area contributed by atoms with Crippen LogP contribution in [0.1, 0.15) is 30.9 Å². The molecule has 0 unspecified atom stereocenters. The molecule has 4 aromatic rings. The lowest BCUT2D eigenvalue weighted by molar-refractivity contribution is 0.532. The summed E-state index contributed by atoms with van der Waals surface area (Å²) in [5.74, 6) is 6.97. The number of benzene rings is 2. The number of halogens is 1. The van der Waals surface area contributed by atoms with Gasteiger partial charge in [0.2, 0.25) is 0 Å². The van der Waals surface area contributed by atoms with Gasteiger partial charge in [0.15, 0.2) is 0 Å². The van der Waals surface area contributed by atoms with Crippen LogP contribution in [0.4, 0.5) is 15.9 Å². The van der Waals surface area contributed by atoms with Crippen LogP contribution in [0.15, 0.2) is 42.5 Å². The van der Waals surface area contributed by atoms with E-state index in [0.717, 1.165) is 48.3 Å². The van der Waals surface area contributed by atoms with Crippen LogP contribution in [0.25, 0.3) is 16.7 Å². The summed E-state index contributed by atoms with van der Waals surface area (Å²) in [6.07, 6.45) is 2.56. The van der Waals surface area contributed by atoms with E-state index >= 15 is 0 Å². The Morgan fingerprint density at radius 1 is 1.07 bits per heavy atom. The lowest BCUT2D eigenvalue weighted by Crippen LogP contribution is -2.20. The smallest absolute Gasteiger partial charge is 0.315 e. The van der Waals surface area contributed by atoms with Crippen molar-refractivity contribution in [3.05, 3.63) is 59.7 Å². The Labute approximate surface area is 161 Å². The third-order valence-electron chi connectivity index (χ3n) is 5.18. The fourth-order valence-electron chi connectivity index (χ4n) is 3.94. The molecular formula is C22H18FN5. The normalized spacial score (nSPS) is 13.9. The molecule has 3 heterocycles. The summed E-state index contributed by atoms with van der Waals surface area (Å²) >= 11 is 0. The lowest BCUT2D eigenvalue weighted by atomic mass is 10.1. The first kappa shape index (κ1) is 16.7. The number of nitrogens with zero attached hydrogens (tertiary/aromatic N) is 5. The molecule has 0 saturated heterocycles. The van der Waals surface area contributed by atoms with Gasteiger partial charge in [-0.05, 0) is 56.0 Å². The standard InChI is InChI=1S/C22H18FN5/c1-2-7-15-11-12-17-19(14-15)28-21(23)25-26-22(28)24-20(17)27-13-6-5-9-16-8-3-4-10-18(16)27/h3-4,8,10-12,14H,5-6,9,13H2,1H3. The molecule has 0 atom stereocenters. The summed E-state index contributed by atoms with van der Waals surface area (Å²) < 4.78 is 15.7. The van der Waals surface area contributed by atoms with Gasteiger partial charge < -0.3 is 4.90 Å². The van der Waals surface area contributed by atoms with E-state index < -0.39 is 6.08 Å². The van der Waals surface area contributed by atoms with Crippen LogP contribution >= 0.6 is 0 Å². The maximum Gasteiger partial charge on any atom is 0.315 e. The van der Waals surface area contributed by atoms with E-state index in [1.807, 2.05) is 24.3 Å². The van der Waals surface area contributed by atoms with Crippen LogP contribution in [0.5, 0.6) is 0 Å². The molecule has 0 aliphatic carbocycles. The second-order valence-corrected chi connectivity index (χ2v) is 6.88. The van der Waals surface area contributed by atoms with Gasteiger partial charge in [0.25, 0.3) is 5.78 Å². The van der Waals surface area contributed by atoms with Crippen LogP contribution in [0.2, 0.25) is 0 Å². The van der Waals surface area contributed by atoms with Crippen molar-refractivity contribution in [2.24, 2.45) is 0 Å². The summed E-state index contributed by atoms with van der Waals surface area (Å²) in [6, 6.07) is 14.2. The van der Waals surface area contributed by atoms with Crippen molar-refractivity contribution >= 4 is 28.2 Å². The zero-order chi connectivity index (χ0) is 19.1. The predicted molar refractivity (Wildman–Crippen MR) is 107 cm³/mol. The van der Waals surface area contributed by atoms with Crippen molar-refractivity contribution in [2.75, 3.05) is 11.4 Å². The Hall–Kier alpha value is -3.46. The van der Waals surface area contributed by atoms with Crippen molar-refractivity contribution in [1.29, 1.82) is 0 Å². The van der Waals surface area contributed by atoms with Crippen molar-refractivity contribution in [1.82, 2.24) is 19.6 Å². The molecular weight excluding hydrogens is 353 g/mol. The monoisotopic (exact) mass is 371 g/mol. The van der Waals surface area contributed by atoms with Crippen molar-refractivity contribution in [3.8, 4) is 11.8 Å². The topological polar surface area (TPSA) is 46.3 Å². The van der Waals surface area contributed by atoms with E-state index in [-0.39, 0.29) is 5.78 Å². The maximum atomic E-state index is 14.4. The van der Waals surface area contributed by atoms with Gasteiger partial charge in [-0.3, -0.25) is 0 Å². The third-order valence-corrected chi connectivity index (χ3v) is 5.18. The molecule has 0 amide bonds. The molecule has 28 heavy (non-hydrogen) atoms. The van der Waals surface area contributed by atoms with E-state index in [1.54, 1.807) is 6.92 Å². The van der Waals surface area contributed by atoms with Gasteiger partial charge in [-0.15, -0.1) is 11.0 Å². The molecule has 2 aromatic carbocycles. The Morgan fingerprint density at radius 2 is 1.96 bits per heavy atom. The summed E-state index contributed by atoms with van der Waals surface area (Å²) in [5, 5.41) is 8.39. The van der Waals surface area contributed by atoms with Gasteiger partial charge in [-0.2, -0.15) is 9.37 Å². The minimum Gasteiger partial charge on any atom is -0.325 e. The maximum absolute atomic E-state index is 14.4. The fourth-order valence-corrected chi connectivity index (χ4v) is 3.94. The average molecular weight is 371 g/mol. The summed E-state index contributed by atoms with van der Waals surface area (Å²) in [6.45, 7) is 2.63. The second kappa shape index (κ2) is 6.61. The lowest BCUT2D eigenvalue weighted by Gasteiger charge is -2.25. The predicted octanol–water partition coefficient (Wildman–Crippen LogP) is 4.26. The van der Waals surface area contributed by atoms with E-state index in [4.69, 9.17) is 4.98 Å². The molecule has 5 rings (SSSR count). The highest BCUT2D eigenvalue weighted by Crippen LogP contribution is 2.36. The van der Waals surface area contributed by atoms with Crippen LogP contribution in [-0.4, -0.2) is 26.1 Å².